The number of likely N-dealkylation sites (tertiary alicyclic amines) is 1. The Morgan fingerprint density at radius 1 is 1.18 bits per heavy atom. The molecule has 0 spiro atoms. The zero-order chi connectivity index (χ0) is 19.3. The number of aryl methyl sites for hydroxylation is 1. The van der Waals surface area contributed by atoms with E-state index in [1.165, 1.54) is 17.2 Å². The van der Waals surface area contributed by atoms with Gasteiger partial charge in [-0.05, 0) is 54.3 Å². The van der Waals surface area contributed by atoms with E-state index in [1.807, 2.05) is 30.0 Å². The van der Waals surface area contributed by atoms with Crippen LogP contribution in [0.3, 0.4) is 0 Å². The van der Waals surface area contributed by atoms with E-state index in [-0.39, 0.29) is 17.8 Å². The number of halogens is 1. The lowest BCUT2D eigenvalue weighted by Crippen LogP contribution is -2.37. The van der Waals surface area contributed by atoms with Gasteiger partial charge >= 0.3 is 6.03 Å². The van der Waals surface area contributed by atoms with Gasteiger partial charge in [-0.25, -0.2) is 9.18 Å². The van der Waals surface area contributed by atoms with Gasteiger partial charge in [-0.1, -0.05) is 24.3 Å². The van der Waals surface area contributed by atoms with Crippen molar-refractivity contribution in [2.75, 3.05) is 11.9 Å². The van der Waals surface area contributed by atoms with E-state index in [0.717, 1.165) is 17.5 Å². The van der Waals surface area contributed by atoms with Crippen LogP contribution < -0.4 is 5.32 Å². The minimum absolute atomic E-state index is 0.0640. The summed E-state index contributed by atoms with van der Waals surface area (Å²) in [6, 6.07) is 14.7. The fourth-order valence-electron chi connectivity index (χ4n) is 4.44. The van der Waals surface area contributed by atoms with Crippen LogP contribution in [0.2, 0.25) is 0 Å². The normalized spacial score (nSPS) is 19.6. The van der Waals surface area contributed by atoms with Crippen molar-refractivity contribution in [2.24, 2.45) is 0 Å². The van der Waals surface area contributed by atoms with Crippen LogP contribution in [0.25, 0.3) is 11.3 Å². The molecule has 2 amide bonds. The van der Waals surface area contributed by atoms with Gasteiger partial charge in [-0.3, -0.25) is 0 Å². The molecule has 2 atom stereocenters. The second kappa shape index (κ2) is 6.41. The Morgan fingerprint density at radius 3 is 2.79 bits per heavy atom. The van der Waals surface area contributed by atoms with Crippen LogP contribution in [0, 0.1) is 12.7 Å². The molecule has 6 heteroatoms. The lowest BCUT2D eigenvalue weighted by molar-refractivity contribution is 0.204. The SMILES string of the molecule is Cc1cc(F)c(NC(=O)N2CC3CC2c2ccccc23)cc1-c1cccnn1. The lowest BCUT2D eigenvalue weighted by Gasteiger charge is -2.29. The highest BCUT2D eigenvalue weighted by molar-refractivity contribution is 5.91. The average Bonchev–Trinajstić information content (AvgIpc) is 3.31. The zero-order valence-corrected chi connectivity index (χ0v) is 15.4. The Bertz CT molecular complexity index is 1070. The number of benzene rings is 2. The van der Waals surface area contributed by atoms with Gasteiger partial charge in [0, 0.05) is 24.2 Å². The average molecular weight is 374 g/mol. The molecule has 1 N–H and O–H groups in total. The number of rotatable bonds is 2. The summed E-state index contributed by atoms with van der Waals surface area (Å²) in [4.78, 5) is 14.7. The number of carbonyl (C=O) groups is 1. The van der Waals surface area contributed by atoms with Crippen molar-refractivity contribution in [1.82, 2.24) is 15.1 Å². The van der Waals surface area contributed by atoms with Crippen molar-refractivity contribution < 1.29 is 9.18 Å². The fourth-order valence-corrected chi connectivity index (χ4v) is 4.44. The number of anilines is 1. The molecule has 2 aromatic carbocycles. The van der Waals surface area contributed by atoms with Crippen molar-refractivity contribution in [3.63, 3.8) is 0 Å². The van der Waals surface area contributed by atoms with Gasteiger partial charge in [0.05, 0.1) is 17.4 Å². The van der Waals surface area contributed by atoms with Crippen molar-refractivity contribution >= 4 is 11.7 Å². The maximum Gasteiger partial charge on any atom is 0.322 e. The minimum atomic E-state index is -0.455. The number of hydrogen-bond acceptors (Lipinski definition) is 3. The number of fused-ring (bicyclic) bond motifs is 5. The summed E-state index contributed by atoms with van der Waals surface area (Å²) in [5.74, 6) is -0.0896. The molecule has 1 aliphatic carbocycles. The molecule has 2 aliphatic rings. The van der Waals surface area contributed by atoms with Crippen LogP contribution in [0.1, 0.15) is 35.1 Å². The molecule has 0 saturated carbocycles. The summed E-state index contributed by atoms with van der Waals surface area (Å²) < 4.78 is 14.6. The van der Waals surface area contributed by atoms with Crippen LogP contribution in [0.5, 0.6) is 0 Å². The van der Waals surface area contributed by atoms with Gasteiger partial charge < -0.3 is 10.2 Å². The van der Waals surface area contributed by atoms with Gasteiger partial charge in [-0.2, -0.15) is 10.2 Å². The number of hydrogen-bond donors (Lipinski definition) is 1. The molecule has 5 rings (SSSR count). The highest BCUT2D eigenvalue weighted by atomic mass is 19.1. The summed E-state index contributed by atoms with van der Waals surface area (Å²) in [5, 5.41) is 10.8. The van der Waals surface area contributed by atoms with E-state index < -0.39 is 5.82 Å². The Morgan fingerprint density at radius 2 is 2.00 bits per heavy atom. The van der Waals surface area contributed by atoms with Crippen molar-refractivity contribution in [3.8, 4) is 11.3 Å². The highest BCUT2D eigenvalue weighted by Gasteiger charge is 2.44. The van der Waals surface area contributed by atoms with Gasteiger partial charge in [-0.15, -0.1) is 0 Å². The van der Waals surface area contributed by atoms with Gasteiger partial charge in [0.25, 0.3) is 0 Å². The van der Waals surface area contributed by atoms with E-state index in [0.29, 0.717) is 18.2 Å². The molecular formula is C22H19FN4O. The Kier molecular flexibility index (Phi) is 3.86. The summed E-state index contributed by atoms with van der Waals surface area (Å²) in [7, 11) is 0. The Balaban J connectivity index is 1.42. The molecule has 2 bridgehead atoms. The molecule has 2 unspecified atom stereocenters. The van der Waals surface area contributed by atoms with Gasteiger partial charge in [0.2, 0.25) is 0 Å². The molecule has 1 fully saturated rings. The van der Waals surface area contributed by atoms with Crippen molar-refractivity contribution in [1.29, 1.82) is 0 Å². The van der Waals surface area contributed by atoms with Gasteiger partial charge in [0.15, 0.2) is 0 Å². The zero-order valence-electron chi connectivity index (χ0n) is 15.4. The second-order valence-electron chi connectivity index (χ2n) is 7.42. The molecule has 1 aromatic heterocycles. The van der Waals surface area contributed by atoms with Crippen LogP contribution in [0.4, 0.5) is 14.9 Å². The summed E-state index contributed by atoms with van der Waals surface area (Å²) >= 11 is 0. The molecule has 1 saturated heterocycles. The smallest absolute Gasteiger partial charge is 0.317 e. The monoisotopic (exact) mass is 374 g/mol. The molecule has 140 valence electrons. The molecule has 1 aliphatic heterocycles. The van der Waals surface area contributed by atoms with E-state index in [9.17, 15) is 9.18 Å². The maximum atomic E-state index is 14.6. The van der Waals surface area contributed by atoms with E-state index in [4.69, 9.17) is 0 Å². The van der Waals surface area contributed by atoms with Gasteiger partial charge in [0.1, 0.15) is 5.82 Å². The van der Waals surface area contributed by atoms with E-state index >= 15 is 0 Å². The molecule has 3 aromatic rings. The summed E-state index contributed by atoms with van der Waals surface area (Å²) in [6.07, 6.45) is 2.53. The molecule has 5 nitrogen and oxygen atoms in total. The third-order valence-electron chi connectivity index (χ3n) is 5.76. The first kappa shape index (κ1) is 16.9. The number of carbonyl (C=O) groups excluding carboxylic acids is 1. The maximum absolute atomic E-state index is 14.6. The molecule has 2 heterocycles. The van der Waals surface area contributed by atoms with Crippen LogP contribution in [0.15, 0.2) is 54.7 Å². The predicted octanol–water partition coefficient (Wildman–Crippen LogP) is 4.67. The lowest BCUT2D eigenvalue weighted by atomic mass is 9.99. The number of urea groups is 1. The summed E-state index contributed by atoms with van der Waals surface area (Å²) in [5.41, 5.74) is 4.83. The predicted molar refractivity (Wildman–Crippen MR) is 104 cm³/mol. The Labute approximate surface area is 162 Å². The topological polar surface area (TPSA) is 58.1 Å². The Hall–Kier alpha value is -3.28. The molecule has 0 radical (unpaired) electrons. The fraction of sp³-hybridized carbons (Fsp3) is 0.227. The largest absolute Gasteiger partial charge is 0.322 e. The minimum Gasteiger partial charge on any atom is -0.317 e. The van der Waals surface area contributed by atoms with Crippen LogP contribution in [-0.2, 0) is 0 Å². The highest BCUT2D eigenvalue weighted by Crippen LogP contribution is 2.50. The third-order valence-corrected chi connectivity index (χ3v) is 5.76. The number of nitrogens with zero attached hydrogens (tertiary/aromatic N) is 3. The first-order chi connectivity index (χ1) is 13.6. The van der Waals surface area contributed by atoms with Crippen molar-refractivity contribution in [2.45, 2.75) is 25.3 Å². The number of nitrogens with one attached hydrogen (secondary N) is 1. The first-order valence-corrected chi connectivity index (χ1v) is 9.36. The number of aromatic nitrogens is 2. The standard InChI is InChI=1S/C22H19FN4O/c1-13-9-18(23)20(11-17(13)19-7-4-8-24-26-19)25-22(28)27-12-14-10-21(27)16-6-3-2-5-15(14)16/h2-9,11,14,21H,10,12H2,1H3,(H,25,28). The summed E-state index contributed by atoms with van der Waals surface area (Å²) in [6.45, 7) is 2.48. The quantitative estimate of drug-likeness (QED) is 0.709. The van der Waals surface area contributed by atoms with Crippen molar-refractivity contribution in [3.05, 3.63) is 77.2 Å². The first-order valence-electron chi connectivity index (χ1n) is 9.36. The second-order valence-corrected chi connectivity index (χ2v) is 7.42. The van der Waals surface area contributed by atoms with E-state index in [1.54, 1.807) is 18.3 Å². The van der Waals surface area contributed by atoms with Crippen LogP contribution >= 0.6 is 0 Å². The van der Waals surface area contributed by atoms with E-state index in [2.05, 4.69) is 27.6 Å². The third kappa shape index (κ3) is 2.64. The molecule has 28 heavy (non-hydrogen) atoms. The number of amides is 2. The van der Waals surface area contributed by atoms with Crippen LogP contribution in [-0.4, -0.2) is 27.7 Å². The molecular weight excluding hydrogens is 355 g/mol.